The lowest BCUT2D eigenvalue weighted by Crippen LogP contribution is -2.67. The number of carboxylic acids is 1. The zero-order valence-corrected chi connectivity index (χ0v) is 51.8. The molecule has 2 aromatic rings. The SMILES string of the molecule is C[C@H]1OC(O[C@@H]2[C@@H](C)OCC[C@@]2(O)O[C@H]2[C@@H](O)CC(O[C@@H]3CC[C@@]4(C)[C@H](CCC5[C@@H]4C[C@@H](O)[C@]4(C)[C@@H](C6=CC(=O)OC6)CC[C@]54O)C3)O[C@@H]2C)C[C@H](O)[C@@H]1OCCCCCC(=O)Nc1ncnc2c1ncn2C1O[C@H](CSCC[C@H](N)C(=O)O)[C@@H](O)C1O. The van der Waals surface area contributed by atoms with Crippen LogP contribution in [0.1, 0.15) is 144 Å². The topological polar surface area (TPSA) is 378 Å². The molecular formula is C61H92N6O20S. The molecule has 8 fully saturated rings. The number of carboxylic acid groups (broad SMARTS) is 1. The minimum atomic E-state index is -1.92. The number of nitrogens with one attached hydrogen (secondary N) is 1. The fourth-order valence-corrected chi connectivity index (χ4v) is 17.9. The zero-order chi connectivity index (χ0) is 62.6. The summed E-state index contributed by atoms with van der Waals surface area (Å²) >= 11 is 1.35. The van der Waals surface area contributed by atoms with Crippen molar-refractivity contribution >= 4 is 46.6 Å². The molecule has 4 saturated carbocycles. The predicted molar refractivity (Wildman–Crippen MR) is 312 cm³/mol. The molecule has 11 rings (SSSR count). The third kappa shape index (κ3) is 12.8. The van der Waals surface area contributed by atoms with Crippen LogP contribution in [0, 0.1) is 34.5 Å². The van der Waals surface area contributed by atoms with Gasteiger partial charge in [0.2, 0.25) is 5.91 Å². The first-order valence-electron chi connectivity index (χ1n) is 31.9. The highest BCUT2D eigenvalue weighted by molar-refractivity contribution is 7.99. The van der Waals surface area contributed by atoms with Crippen LogP contribution in [0.4, 0.5) is 5.82 Å². The molecule has 492 valence electrons. The predicted octanol–water partition coefficient (Wildman–Crippen LogP) is 2.74. The standard InChI is InChI=1S/C61H92N6O20S/c1-30-51(80-18-8-6-7-9-44(71)66-54-48-55(64-28-63-54)67(29-65-48)56-50(74)49(73)42(85-56)27-88-20-14-39(62)57(75)76)40(68)24-47(82-30)86-53-32(3)79-19-17-61(53,78)87-52-31(2)83-46(25-41(52)69)84-35-12-15-58(4)34(22-35)10-11-37-38(58)23-43(70)59(5)36(13-16-60(37,59)77)33-21-45(72)81-26-33/h21,28-32,34-43,46-47,49-53,56,68-70,73-74,77-78H,6-20,22-27,62H2,1-5H3,(H,75,76)(H,63,64,66,71)/t30-,31-,32-,34-,35-,36-,37?,38+,39+,40+,41+,42-,43-,46?,47?,49-,50?,51-,52-,53-,56?,58+,59+,60+,61-/m1/s1. The quantitative estimate of drug-likeness (QED) is 0.0351. The fraction of sp³-hybridized carbons (Fsp3) is 0.836. The maximum Gasteiger partial charge on any atom is 0.331 e. The van der Waals surface area contributed by atoms with Gasteiger partial charge in [-0.05, 0) is 132 Å². The van der Waals surface area contributed by atoms with Crippen LogP contribution in [0.25, 0.3) is 11.2 Å². The summed E-state index contributed by atoms with van der Waals surface area (Å²) in [6.45, 7) is 10.4. The Morgan fingerprint density at radius 1 is 0.852 bits per heavy atom. The Morgan fingerprint density at radius 2 is 1.60 bits per heavy atom. The number of thioether (sulfide) groups is 1. The minimum absolute atomic E-state index is 0.0301. The van der Waals surface area contributed by atoms with E-state index in [0.717, 1.165) is 37.7 Å². The van der Waals surface area contributed by atoms with E-state index in [9.17, 15) is 50.1 Å². The first-order chi connectivity index (χ1) is 41.9. The van der Waals surface area contributed by atoms with E-state index in [1.807, 2.05) is 6.92 Å². The van der Waals surface area contributed by atoms with Gasteiger partial charge in [0.25, 0.3) is 0 Å². The molecule has 7 heterocycles. The van der Waals surface area contributed by atoms with Crippen molar-refractivity contribution in [3.63, 3.8) is 0 Å². The molecule has 1 amide bonds. The lowest BCUT2D eigenvalue weighted by atomic mass is 9.42. The Morgan fingerprint density at radius 3 is 2.33 bits per heavy atom. The van der Waals surface area contributed by atoms with Crippen LogP contribution in [0.2, 0.25) is 0 Å². The van der Waals surface area contributed by atoms with E-state index in [0.29, 0.717) is 50.2 Å². The number of ether oxygens (including phenoxy) is 9. The molecule has 0 bridgehead atoms. The molecule has 4 aliphatic carbocycles. The highest BCUT2D eigenvalue weighted by Gasteiger charge is 2.71. The average Bonchev–Trinajstić information content (AvgIpc) is 1.38. The Bertz CT molecular complexity index is 2800. The molecule has 0 spiro atoms. The summed E-state index contributed by atoms with van der Waals surface area (Å²) in [5, 5.41) is 93.5. The van der Waals surface area contributed by atoms with Gasteiger partial charge >= 0.3 is 11.9 Å². The number of amides is 1. The van der Waals surface area contributed by atoms with Gasteiger partial charge in [0.1, 0.15) is 49.5 Å². The number of carbonyl (C=O) groups excluding carboxylic acids is 2. The first-order valence-corrected chi connectivity index (χ1v) is 33.0. The number of rotatable bonds is 22. The van der Waals surface area contributed by atoms with Crippen molar-refractivity contribution in [3.05, 3.63) is 24.3 Å². The highest BCUT2D eigenvalue weighted by Crippen LogP contribution is 2.70. The smallest absolute Gasteiger partial charge is 0.331 e. The Labute approximate surface area is 516 Å². The van der Waals surface area contributed by atoms with E-state index in [-0.39, 0.29) is 116 Å². The number of nitrogens with two attached hydrogens (primary N) is 1. The van der Waals surface area contributed by atoms with Crippen LogP contribution >= 0.6 is 11.8 Å². The number of cyclic esters (lactones) is 1. The molecule has 26 nitrogen and oxygen atoms in total. The maximum atomic E-state index is 13.1. The largest absolute Gasteiger partial charge is 0.480 e. The number of aliphatic hydroxyl groups is 7. The summed E-state index contributed by atoms with van der Waals surface area (Å²) in [4.78, 5) is 49.1. The lowest BCUT2D eigenvalue weighted by molar-refractivity contribution is -0.386. The van der Waals surface area contributed by atoms with Crippen molar-refractivity contribution in [2.45, 2.75) is 253 Å². The number of anilines is 1. The Hall–Kier alpha value is -3.59. The summed E-state index contributed by atoms with van der Waals surface area (Å²) in [6, 6.07) is -0.997. The molecule has 2 aromatic heterocycles. The number of fused-ring (bicyclic) bond motifs is 6. The minimum Gasteiger partial charge on any atom is -0.480 e. The summed E-state index contributed by atoms with van der Waals surface area (Å²) in [5.41, 5.74) is 5.05. The molecule has 5 aliphatic heterocycles. The van der Waals surface area contributed by atoms with Gasteiger partial charge < -0.3 is 94.5 Å². The van der Waals surface area contributed by atoms with E-state index in [1.54, 1.807) is 26.8 Å². The van der Waals surface area contributed by atoms with Crippen LogP contribution in [0.5, 0.6) is 0 Å². The molecule has 9 aliphatic rings. The lowest BCUT2D eigenvalue weighted by Gasteiger charge is -2.65. The number of carbonyl (C=O) groups is 3. The fourth-order valence-electron chi connectivity index (χ4n) is 16.8. The summed E-state index contributed by atoms with van der Waals surface area (Å²) < 4.78 is 57.0. The number of hydrogen-bond donors (Lipinski definition) is 10. The molecule has 25 atom stereocenters. The van der Waals surface area contributed by atoms with Crippen LogP contribution in [-0.4, -0.2) is 219 Å². The summed E-state index contributed by atoms with van der Waals surface area (Å²) in [7, 11) is 0. The normalized spacial score (nSPS) is 43.8. The van der Waals surface area contributed by atoms with Gasteiger partial charge in [-0.25, -0.2) is 19.7 Å². The molecule has 0 aromatic carbocycles. The van der Waals surface area contributed by atoms with E-state index >= 15 is 0 Å². The van der Waals surface area contributed by atoms with Gasteiger partial charge in [-0.1, -0.05) is 20.3 Å². The van der Waals surface area contributed by atoms with Gasteiger partial charge in [-0.15, -0.1) is 0 Å². The number of esters is 1. The highest BCUT2D eigenvalue weighted by atomic mass is 32.2. The second-order valence-corrected chi connectivity index (χ2v) is 28.1. The third-order valence-corrected chi connectivity index (χ3v) is 22.9. The second kappa shape index (κ2) is 26.8. The number of aliphatic carboxylic acids is 1. The maximum absolute atomic E-state index is 13.1. The second-order valence-electron chi connectivity index (χ2n) is 27.0. The first kappa shape index (κ1) is 65.9. The van der Waals surface area contributed by atoms with Gasteiger partial charge in [-0.2, -0.15) is 11.8 Å². The zero-order valence-electron chi connectivity index (χ0n) is 51.0. The monoisotopic (exact) mass is 1260 g/mol. The van der Waals surface area contributed by atoms with Crippen molar-refractivity contribution in [2.24, 2.45) is 40.2 Å². The van der Waals surface area contributed by atoms with Gasteiger partial charge in [0, 0.05) is 49.5 Å². The van der Waals surface area contributed by atoms with E-state index in [1.165, 1.54) is 29.0 Å². The van der Waals surface area contributed by atoms with Crippen molar-refractivity contribution < 1.29 is 97.9 Å². The van der Waals surface area contributed by atoms with E-state index in [4.69, 9.17) is 53.5 Å². The number of aliphatic hydroxyl groups excluding tert-OH is 5. The third-order valence-electron chi connectivity index (χ3n) is 21.8. The molecule has 4 saturated heterocycles. The van der Waals surface area contributed by atoms with Crippen LogP contribution < -0.4 is 11.1 Å². The van der Waals surface area contributed by atoms with Crippen molar-refractivity contribution in [3.8, 4) is 0 Å². The summed E-state index contributed by atoms with van der Waals surface area (Å²) in [6.07, 6.45) is -0.924. The van der Waals surface area contributed by atoms with Crippen molar-refractivity contribution in [1.82, 2.24) is 19.5 Å². The number of imidazole rings is 1. The molecule has 27 heteroatoms. The van der Waals surface area contributed by atoms with Crippen molar-refractivity contribution in [1.29, 1.82) is 0 Å². The number of hydrogen-bond acceptors (Lipinski definition) is 24. The van der Waals surface area contributed by atoms with Crippen molar-refractivity contribution in [2.75, 3.05) is 36.6 Å². The van der Waals surface area contributed by atoms with E-state index < -0.39 is 121 Å². The van der Waals surface area contributed by atoms with Gasteiger partial charge in [0.15, 0.2) is 41.6 Å². The molecular weight excluding hydrogens is 1170 g/mol. The Kier molecular flexibility index (Phi) is 20.1. The average molecular weight is 1260 g/mol. The van der Waals surface area contributed by atoms with E-state index in [2.05, 4.69) is 27.2 Å². The Balaban J connectivity index is 0.602. The molecule has 5 unspecified atom stereocenters. The molecule has 11 N–H and O–H groups in total. The number of aromatic nitrogens is 4. The summed E-state index contributed by atoms with van der Waals surface area (Å²) in [5.74, 6) is -2.45. The van der Waals surface area contributed by atoms with Crippen LogP contribution in [0.3, 0.4) is 0 Å². The number of nitrogens with zero attached hydrogens (tertiary/aromatic N) is 4. The molecule has 88 heavy (non-hydrogen) atoms. The van der Waals surface area contributed by atoms with Gasteiger partial charge in [-0.3, -0.25) is 14.2 Å². The number of unbranched alkanes of at least 4 members (excludes halogenated alkanes) is 2. The van der Waals surface area contributed by atoms with Crippen LogP contribution in [0.15, 0.2) is 24.3 Å². The van der Waals surface area contributed by atoms with Gasteiger partial charge in [0.05, 0.1) is 67.4 Å². The molecule has 0 radical (unpaired) electrons. The van der Waals surface area contributed by atoms with Crippen LogP contribution in [-0.2, 0) is 57.0 Å².